The molecule has 1 unspecified atom stereocenters. The Bertz CT molecular complexity index is 418. The fraction of sp³-hybridized carbons (Fsp3) is 0.625. The number of fused-ring (bicyclic) bond motifs is 1. The highest BCUT2D eigenvalue weighted by Crippen LogP contribution is 2.27. The van der Waals surface area contributed by atoms with Crippen molar-refractivity contribution >= 4 is 5.69 Å². The molecule has 0 saturated carbocycles. The molecule has 2 aliphatic rings. The lowest BCUT2D eigenvalue weighted by Gasteiger charge is -2.29. The first-order chi connectivity index (χ1) is 9.38. The summed E-state index contributed by atoms with van der Waals surface area (Å²) >= 11 is 0. The second kappa shape index (κ2) is 5.93. The monoisotopic (exact) mass is 259 g/mol. The van der Waals surface area contributed by atoms with Crippen molar-refractivity contribution in [2.45, 2.75) is 31.7 Å². The molecular weight excluding hydrogens is 234 g/mol. The molecular formula is C16H25N3. The lowest BCUT2D eigenvalue weighted by atomic mass is 10.1. The normalized spacial score (nSPS) is 24.3. The highest BCUT2D eigenvalue weighted by Gasteiger charge is 2.29. The first-order valence-electron chi connectivity index (χ1n) is 7.65. The van der Waals surface area contributed by atoms with Crippen molar-refractivity contribution in [3.63, 3.8) is 0 Å². The lowest BCUT2D eigenvalue weighted by Crippen LogP contribution is -2.37. The molecule has 3 rings (SSSR count). The smallest absolute Gasteiger partial charge is 0.0399 e. The van der Waals surface area contributed by atoms with Crippen LogP contribution in [0.5, 0.6) is 0 Å². The van der Waals surface area contributed by atoms with E-state index in [0.717, 1.165) is 19.0 Å². The Balaban J connectivity index is 1.80. The number of hydrogen-bond donors (Lipinski definition) is 1. The molecule has 3 nitrogen and oxygen atoms in total. The van der Waals surface area contributed by atoms with Gasteiger partial charge in [-0.2, -0.15) is 0 Å². The number of para-hydroxylation sites is 1. The molecule has 1 aromatic carbocycles. The number of hydrogen-bond acceptors (Lipinski definition) is 3. The molecule has 1 aromatic rings. The fourth-order valence-electron chi connectivity index (χ4n) is 3.61. The summed E-state index contributed by atoms with van der Waals surface area (Å²) in [5, 5.41) is 0. The highest BCUT2D eigenvalue weighted by atomic mass is 15.3. The van der Waals surface area contributed by atoms with E-state index >= 15 is 0 Å². The van der Waals surface area contributed by atoms with Crippen LogP contribution in [0.15, 0.2) is 24.3 Å². The Morgan fingerprint density at radius 1 is 1.11 bits per heavy atom. The number of nitrogens with two attached hydrogens (primary N) is 1. The van der Waals surface area contributed by atoms with Crippen molar-refractivity contribution in [2.24, 2.45) is 5.73 Å². The van der Waals surface area contributed by atoms with Crippen molar-refractivity contribution in [1.29, 1.82) is 0 Å². The molecule has 0 radical (unpaired) electrons. The zero-order valence-corrected chi connectivity index (χ0v) is 11.7. The van der Waals surface area contributed by atoms with Crippen molar-refractivity contribution in [2.75, 3.05) is 37.6 Å². The third-order valence-electron chi connectivity index (χ3n) is 4.55. The minimum Gasteiger partial charge on any atom is -0.370 e. The van der Waals surface area contributed by atoms with E-state index in [2.05, 4.69) is 34.1 Å². The molecule has 2 N–H and O–H groups in total. The van der Waals surface area contributed by atoms with Crippen molar-refractivity contribution < 1.29 is 0 Å². The second-order valence-electron chi connectivity index (χ2n) is 5.80. The Kier molecular flexibility index (Phi) is 4.04. The summed E-state index contributed by atoms with van der Waals surface area (Å²) in [4.78, 5) is 5.28. The number of benzene rings is 1. The van der Waals surface area contributed by atoms with Gasteiger partial charge in [0.2, 0.25) is 0 Å². The van der Waals surface area contributed by atoms with E-state index in [1.807, 2.05) is 0 Å². The van der Waals surface area contributed by atoms with Gasteiger partial charge in [0.05, 0.1) is 0 Å². The number of anilines is 1. The molecule has 3 heteroatoms. The SMILES string of the molecule is NCCc1ccccc1N1CCCN2CCCC2C1. The van der Waals surface area contributed by atoms with Crippen LogP contribution < -0.4 is 10.6 Å². The third kappa shape index (κ3) is 2.77. The molecule has 0 amide bonds. The molecule has 19 heavy (non-hydrogen) atoms. The van der Waals surface area contributed by atoms with Crippen molar-refractivity contribution in [3.8, 4) is 0 Å². The molecule has 0 aliphatic carbocycles. The van der Waals surface area contributed by atoms with Gasteiger partial charge < -0.3 is 10.6 Å². The topological polar surface area (TPSA) is 32.5 Å². The van der Waals surface area contributed by atoms with Gasteiger partial charge in [-0.05, 0) is 50.4 Å². The van der Waals surface area contributed by atoms with Crippen LogP contribution in [-0.4, -0.2) is 43.7 Å². The van der Waals surface area contributed by atoms with Crippen molar-refractivity contribution in [1.82, 2.24) is 4.90 Å². The van der Waals surface area contributed by atoms with Gasteiger partial charge in [0.1, 0.15) is 0 Å². The fourth-order valence-corrected chi connectivity index (χ4v) is 3.61. The van der Waals surface area contributed by atoms with Crippen LogP contribution in [0.1, 0.15) is 24.8 Å². The molecule has 0 bridgehead atoms. The molecule has 2 aliphatic heterocycles. The third-order valence-corrected chi connectivity index (χ3v) is 4.55. The van der Waals surface area contributed by atoms with Gasteiger partial charge in [0.15, 0.2) is 0 Å². The summed E-state index contributed by atoms with van der Waals surface area (Å²) in [6.45, 7) is 5.71. The summed E-state index contributed by atoms with van der Waals surface area (Å²) in [5.74, 6) is 0. The summed E-state index contributed by atoms with van der Waals surface area (Å²) < 4.78 is 0. The predicted octanol–water partition coefficient (Wildman–Crippen LogP) is 1.86. The van der Waals surface area contributed by atoms with E-state index < -0.39 is 0 Å². The van der Waals surface area contributed by atoms with Crippen LogP contribution in [0.3, 0.4) is 0 Å². The first-order valence-corrected chi connectivity index (χ1v) is 7.65. The van der Waals surface area contributed by atoms with Crippen LogP contribution in [0.4, 0.5) is 5.69 Å². The minimum atomic E-state index is 0.737. The standard InChI is InChI=1S/C16H25N3/c17-9-8-14-5-1-2-7-16(14)19-12-4-11-18-10-3-6-15(18)13-19/h1-2,5,7,15H,3-4,6,8-13,17H2. The predicted molar refractivity (Wildman–Crippen MR) is 80.6 cm³/mol. The number of rotatable bonds is 3. The van der Waals surface area contributed by atoms with Gasteiger partial charge in [0.25, 0.3) is 0 Å². The van der Waals surface area contributed by atoms with Gasteiger partial charge in [-0.1, -0.05) is 18.2 Å². The van der Waals surface area contributed by atoms with E-state index in [4.69, 9.17) is 5.73 Å². The summed E-state index contributed by atoms with van der Waals surface area (Å²) in [6.07, 6.45) is 5.02. The summed E-state index contributed by atoms with van der Waals surface area (Å²) in [6, 6.07) is 9.57. The lowest BCUT2D eigenvalue weighted by molar-refractivity contribution is 0.273. The zero-order valence-electron chi connectivity index (χ0n) is 11.7. The molecule has 2 saturated heterocycles. The average Bonchev–Trinajstić information content (AvgIpc) is 2.77. The van der Waals surface area contributed by atoms with E-state index in [1.165, 1.54) is 56.7 Å². The van der Waals surface area contributed by atoms with Gasteiger partial charge in [-0.3, -0.25) is 4.90 Å². The Hall–Kier alpha value is -1.06. The van der Waals surface area contributed by atoms with Gasteiger partial charge in [-0.25, -0.2) is 0 Å². The maximum Gasteiger partial charge on any atom is 0.0399 e. The second-order valence-corrected chi connectivity index (χ2v) is 5.80. The van der Waals surface area contributed by atoms with E-state index in [1.54, 1.807) is 0 Å². The largest absolute Gasteiger partial charge is 0.370 e. The van der Waals surface area contributed by atoms with Crippen LogP contribution in [-0.2, 0) is 6.42 Å². The number of nitrogens with zero attached hydrogens (tertiary/aromatic N) is 2. The van der Waals surface area contributed by atoms with Crippen molar-refractivity contribution in [3.05, 3.63) is 29.8 Å². The summed E-state index contributed by atoms with van der Waals surface area (Å²) in [5.41, 5.74) is 8.58. The molecule has 1 atom stereocenters. The van der Waals surface area contributed by atoms with Gasteiger partial charge in [-0.15, -0.1) is 0 Å². The quantitative estimate of drug-likeness (QED) is 0.899. The molecule has 104 valence electrons. The molecule has 0 spiro atoms. The molecule has 2 heterocycles. The Morgan fingerprint density at radius 2 is 1.95 bits per heavy atom. The molecule has 2 fully saturated rings. The van der Waals surface area contributed by atoms with Crippen LogP contribution >= 0.6 is 0 Å². The van der Waals surface area contributed by atoms with Gasteiger partial charge in [0, 0.05) is 31.4 Å². The maximum atomic E-state index is 5.75. The Morgan fingerprint density at radius 3 is 2.84 bits per heavy atom. The highest BCUT2D eigenvalue weighted by molar-refractivity contribution is 5.54. The van der Waals surface area contributed by atoms with E-state index in [-0.39, 0.29) is 0 Å². The molecule has 0 aromatic heterocycles. The zero-order chi connectivity index (χ0) is 13.1. The van der Waals surface area contributed by atoms with Crippen LogP contribution in [0.25, 0.3) is 0 Å². The van der Waals surface area contributed by atoms with E-state index in [9.17, 15) is 0 Å². The first kappa shape index (κ1) is 12.9. The van der Waals surface area contributed by atoms with Crippen LogP contribution in [0.2, 0.25) is 0 Å². The van der Waals surface area contributed by atoms with E-state index in [0.29, 0.717) is 0 Å². The average molecular weight is 259 g/mol. The maximum absolute atomic E-state index is 5.75. The van der Waals surface area contributed by atoms with Gasteiger partial charge >= 0.3 is 0 Å². The Labute approximate surface area is 116 Å². The summed E-state index contributed by atoms with van der Waals surface area (Å²) in [7, 11) is 0. The minimum absolute atomic E-state index is 0.737. The van der Waals surface area contributed by atoms with Crippen LogP contribution in [0, 0.1) is 0 Å².